The molecule has 0 bridgehead atoms. The lowest BCUT2D eigenvalue weighted by Gasteiger charge is -2.02. The molecular weight excluding hydrogens is 134 g/mol. The average molecular weight is 142 g/mol. The molecule has 0 saturated heterocycles. The first-order chi connectivity index (χ1) is 4.34. The molecule has 0 fully saturated rings. The van der Waals surface area contributed by atoms with Gasteiger partial charge in [-0.15, -0.1) is 0 Å². The van der Waals surface area contributed by atoms with Crippen LogP contribution in [0.5, 0.6) is 0 Å². The van der Waals surface area contributed by atoms with Crippen LogP contribution in [0.2, 0.25) is 0 Å². The fourth-order valence-corrected chi connectivity index (χ4v) is 0.958. The van der Waals surface area contributed by atoms with Crippen molar-refractivity contribution in [2.24, 2.45) is 4.99 Å². The molecule has 1 aliphatic rings. The molecule has 0 N–H and O–H groups in total. The number of allylic oxidation sites excluding steroid dienone is 4. The molecular formula is C7H8ClN. The van der Waals surface area contributed by atoms with Gasteiger partial charge in [0.25, 0.3) is 0 Å². The molecule has 0 radical (unpaired) electrons. The van der Waals surface area contributed by atoms with Crippen LogP contribution in [0, 0.1) is 0 Å². The van der Waals surface area contributed by atoms with E-state index in [2.05, 4.69) is 4.99 Å². The Hall–Kier alpha value is -0.560. The van der Waals surface area contributed by atoms with E-state index < -0.39 is 0 Å². The molecule has 1 aliphatic carbocycles. The first-order valence-electron chi connectivity index (χ1n) is 2.83. The first kappa shape index (κ1) is 6.56. The highest BCUT2D eigenvalue weighted by Gasteiger charge is 2.02. The summed E-state index contributed by atoms with van der Waals surface area (Å²) < 4.78 is 0. The van der Waals surface area contributed by atoms with Gasteiger partial charge in [0.1, 0.15) is 0 Å². The maximum Gasteiger partial charge on any atom is 0.0619 e. The Labute approximate surface area is 59.7 Å². The van der Waals surface area contributed by atoms with Crippen LogP contribution in [0.15, 0.2) is 28.3 Å². The second-order valence-corrected chi connectivity index (χ2v) is 2.22. The van der Waals surface area contributed by atoms with Crippen LogP contribution in [0.3, 0.4) is 0 Å². The predicted molar refractivity (Wildman–Crippen MR) is 41.1 cm³/mol. The highest BCUT2D eigenvalue weighted by atomic mass is 35.5. The van der Waals surface area contributed by atoms with E-state index in [0.29, 0.717) is 0 Å². The number of hydrogen-bond acceptors (Lipinski definition) is 1. The van der Waals surface area contributed by atoms with Gasteiger partial charge in [0, 0.05) is 13.5 Å². The largest absolute Gasteiger partial charge is 0.291 e. The van der Waals surface area contributed by atoms with Crippen molar-refractivity contribution in [1.29, 1.82) is 0 Å². The van der Waals surface area contributed by atoms with Crippen LogP contribution < -0.4 is 0 Å². The lowest BCUT2D eigenvalue weighted by atomic mass is 10.1. The van der Waals surface area contributed by atoms with Crippen molar-refractivity contribution >= 4 is 17.3 Å². The third kappa shape index (κ3) is 1.42. The fourth-order valence-electron chi connectivity index (χ4n) is 0.724. The molecule has 0 aromatic heterocycles. The zero-order valence-corrected chi connectivity index (χ0v) is 6.02. The SMILES string of the molecule is CN=C1CC=CC=C1Cl. The van der Waals surface area contributed by atoms with E-state index in [1.807, 2.05) is 18.2 Å². The Balaban J connectivity index is 2.83. The Bertz CT molecular complexity index is 189. The molecule has 0 unspecified atom stereocenters. The van der Waals surface area contributed by atoms with Crippen LogP contribution in [0.1, 0.15) is 6.42 Å². The molecule has 0 aromatic carbocycles. The molecule has 0 heterocycles. The molecule has 0 spiro atoms. The minimum absolute atomic E-state index is 0.764. The summed E-state index contributed by atoms with van der Waals surface area (Å²) in [6.45, 7) is 0. The Morgan fingerprint density at radius 2 is 2.44 bits per heavy atom. The predicted octanol–water partition coefficient (Wildman–Crippen LogP) is 2.14. The molecule has 9 heavy (non-hydrogen) atoms. The summed E-state index contributed by atoms with van der Waals surface area (Å²) in [5, 5.41) is 0.764. The second-order valence-electron chi connectivity index (χ2n) is 1.82. The summed E-state index contributed by atoms with van der Waals surface area (Å²) in [5.74, 6) is 0. The monoisotopic (exact) mass is 141 g/mol. The van der Waals surface area contributed by atoms with Gasteiger partial charge in [0.05, 0.1) is 10.7 Å². The van der Waals surface area contributed by atoms with E-state index in [-0.39, 0.29) is 0 Å². The minimum atomic E-state index is 0.764. The molecule has 0 saturated carbocycles. The summed E-state index contributed by atoms with van der Waals surface area (Å²) >= 11 is 5.76. The smallest absolute Gasteiger partial charge is 0.0619 e. The number of hydrogen-bond donors (Lipinski definition) is 0. The van der Waals surface area contributed by atoms with Gasteiger partial charge in [-0.05, 0) is 6.08 Å². The van der Waals surface area contributed by atoms with Crippen LogP contribution in [-0.2, 0) is 0 Å². The van der Waals surface area contributed by atoms with Crippen molar-refractivity contribution in [3.05, 3.63) is 23.3 Å². The van der Waals surface area contributed by atoms with E-state index in [4.69, 9.17) is 11.6 Å². The molecule has 0 aromatic rings. The maximum atomic E-state index is 5.76. The molecule has 1 rings (SSSR count). The van der Waals surface area contributed by atoms with Crippen molar-refractivity contribution in [2.75, 3.05) is 7.05 Å². The minimum Gasteiger partial charge on any atom is -0.291 e. The summed E-state index contributed by atoms with van der Waals surface area (Å²) in [6.07, 6.45) is 6.70. The van der Waals surface area contributed by atoms with Crippen molar-refractivity contribution in [2.45, 2.75) is 6.42 Å². The lowest BCUT2D eigenvalue weighted by Crippen LogP contribution is -1.98. The average Bonchev–Trinajstić information content (AvgIpc) is 1.89. The van der Waals surface area contributed by atoms with Crippen molar-refractivity contribution < 1.29 is 0 Å². The van der Waals surface area contributed by atoms with E-state index in [9.17, 15) is 0 Å². The highest BCUT2D eigenvalue weighted by molar-refractivity contribution is 6.44. The number of halogens is 1. The van der Waals surface area contributed by atoms with E-state index in [1.54, 1.807) is 7.05 Å². The van der Waals surface area contributed by atoms with Gasteiger partial charge >= 0.3 is 0 Å². The van der Waals surface area contributed by atoms with Gasteiger partial charge in [-0.1, -0.05) is 23.8 Å². The zero-order chi connectivity index (χ0) is 6.69. The molecule has 1 nitrogen and oxygen atoms in total. The van der Waals surface area contributed by atoms with Crippen LogP contribution in [0.4, 0.5) is 0 Å². The van der Waals surface area contributed by atoms with Gasteiger partial charge in [-0.25, -0.2) is 0 Å². The van der Waals surface area contributed by atoms with Gasteiger partial charge in [0.15, 0.2) is 0 Å². The van der Waals surface area contributed by atoms with E-state index >= 15 is 0 Å². The Morgan fingerprint density at radius 1 is 1.67 bits per heavy atom. The van der Waals surface area contributed by atoms with Crippen LogP contribution in [-0.4, -0.2) is 12.8 Å². The summed E-state index contributed by atoms with van der Waals surface area (Å²) in [5.41, 5.74) is 0.971. The summed E-state index contributed by atoms with van der Waals surface area (Å²) in [7, 11) is 1.75. The van der Waals surface area contributed by atoms with E-state index in [0.717, 1.165) is 17.2 Å². The van der Waals surface area contributed by atoms with E-state index in [1.165, 1.54) is 0 Å². The standard InChI is InChI=1S/C7H8ClN/c1-9-7-5-3-2-4-6(7)8/h2-4H,5H2,1H3. The molecule has 0 amide bonds. The number of nitrogens with zero attached hydrogens (tertiary/aromatic N) is 1. The van der Waals surface area contributed by atoms with Crippen molar-refractivity contribution in [3.63, 3.8) is 0 Å². The summed E-state index contributed by atoms with van der Waals surface area (Å²) in [6, 6.07) is 0. The zero-order valence-electron chi connectivity index (χ0n) is 5.26. The van der Waals surface area contributed by atoms with Crippen LogP contribution >= 0.6 is 11.6 Å². The molecule has 0 atom stereocenters. The van der Waals surface area contributed by atoms with Crippen LogP contribution in [0.25, 0.3) is 0 Å². The van der Waals surface area contributed by atoms with Crippen molar-refractivity contribution in [1.82, 2.24) is 0 Å². The van der Waals surface area contributed by atoms with Gasteiger partial charge in [-0.3, -0.25) is 4.99 Å². The van der Waals surface area contributed by atoms with Gasteiger partial charge < -0.3 is 0 Å². The Kier molecular flexibility index (Phi) is 2.06. The lowest BCUT2D eigenvalue weighted by molar-refractivity contribution is 1.34. The molecule has 48 valence electrons. The fraction of sp³-hybridized carbons (Fsp3) is 0.286. The third-order valence-electron chi connectivity index (χ3n) is 1.24. The first-order valence-corrected chi connectivity index (χ1v) is 3.20. The third-order valence-corrected chi connectivity index (χ3v) is 1.58. The highest BCUT2D eigenvalue weighted by Crippen LogP contribution is 2.12. The number of rotatable bonds is 0. The molecule has 2 heteroatoms. The summed E-state index contributed by atoms with van der Waals surface area (Å²) in [4.78, 5) is 3.99. The Morgan fingerprint density at radius 3 is 2.89 bits per heavy atom. The van der Waals surface area contributed by atoms with Crippen molar-refractivity contribution in [3.8, 4) is 0 Å². The molecule has 0 aliphatic heterocycles. The normalized spacial score (nSPS) is 22.4. The van der Waals surface area contributed by atoms with Gasteiger partial charge in [0.2, 0.25) is 0 Å². The second kappa shape index (κ2) is 2.83. The topological polar surface area (TPSA) is 12.4 Å². The maximum absolute atomic E-state index is 5.76. The number of aliphatic imine (C=N–C) groups is 1. The quantitative estimate of drug-likeness (QED) is 0.490. The van der Waals surface area contributed by atoms with Gasteiger partial charge in [-0.2, -0.15) is 0 Å².